The zero-order valence-electron chi connectivity index (χ0n) is 13.5. The first-order chi connectivity index (χ1) is 10.8. The molecule has 122 valence electrons. The van der Waals surface area contributed by atoms with Crippen LogP contribution in [0.4, 0.5) is 0 Å². The summed E-state index contributed by atoms with van der Waals surface area (Å²) < 4.78 is 6.12. The average molecular weight is 322 g/mol. The van der Waals surface area contributed by atoms with Crippen LogP contribution >= 0.6 is 11.6 Å². The van der Waals surface area contributed by atoms with Crippen molar-refractivity contribution in [3.05, 3.63) is 28.8 Å². The van der Waals surface area contributed by atoms with Gasteiger partial charge in [0.25, 0.3) is 0 Å². The van der Waals surface area contributed by atoms with E-state index in [-0.39, 0.29) is 0 Å². The summed E-state index contributed by atoms with van der Waals surface area (Å²) in [5.41, 5.74) is 1.38. The summed E-state index contributed by atoms with van der Waals surface area (Å²) in [5, 5.41) is 0.786. The van der Waals surface area contributed by atoms with Crippen LogP contribution in [0.2, 0.25) is 5.02 Å². The molecule has 2 nitrogen and oxygen atoms in total. The molecule has 1 aliphatic heterocycles. The van der Waals surface area contributed by atoms with Gasteiger partial charge in [0.2, 0.25) is 0 Å². The van der Waals surface area contributed by atoms with E-state index >= 15 is 0 Å². The van der Waals surface area contributed by atoms with Crippen LogP contribution < -0.4 is 4.74 Å². The number of likely N-dealkylation sites (tertiary alicyclic amines) is 1. The molecule has 1 aliphatic carbocycles. The van der Waals surface area contributed by atoms with Crippen molar-refractivity contribution in [2.24, 2.45) is 0 Å². The second kappa shape index (κ2) is 8.21. The van der Waals surface area contributed by atoms with E-state index in [0.29, 0.717) is 5.92 Å². The van der Waals surface area contributed by atoms with Gasteiger partial charge in [-0.05, 0) is 68.8 Å². The number of ether oxygens (including phenoxy) is 1. The van der Waals surface area contributed by atoms with Gasteiger partial charge in [-0.15, -0.1) is 0 Å². The predicted molar refractivity (Wildman–Crippen MR) is 93.1 cm³/mol. The highest BCUT2D eigenvalue weighted by atomic mass is 35.5. The van der Waals surface area contributed by atoms with Gasteiger partial charge >= 0.3 is 0 Å². The Kier molecular flexibility index (Phi) is 6.03. The fourth-order valence-corrected chi connectivity index (χ4v) is 4.02. The molecule has 2 aliphatic rings. The van der Waals surface area contributed by atoms with Crippen molar-refractivity contribution in [3.63, 3.8) is 0 Å². The summed E-state index contributed by atoms with van der Waals surface area (Å²) in [4.78, 5) is 2.55. The van der Waals surface area contributed by atoms with Gasteiger partial charge in [-0.2, -0.15) is 0 Å². The Labute approximate surface area is 139 Å². The Morgan fingerprint density at radius 2 is 1.82 bits per heavy atom. The average Bonchev–Trinajstić information content (AvgIpc) is 3.06. The van der Waals surface area contributed by atoms with Crippen LogP contribution in [0, 0.1) is 0 Å². The van der Waals surface area contributed by atoms with Crippen molar-refractivity contribution in [1.29, 1.82) is 0 Å². The van der Waals surface area contributed by atoms with Gasteiger partial charge in [0.15, 0.2) is 0 Å². The third kappa shape index (κ3) is 4.39. The second-order valence-electron chi connectivity index (χ2n) is 6.77. The van der Waals surface area contributed by atoms with E-state index in [4.69, 9.17) is 16.3 Å². The first-order valence-corrected chi connectivity index (χ1v) is 9.35. The monoisotopic (exact) mass is 321 g/mol. The number of rotatable bonds is 6. The fraction of sp³-hybridized carbons (Fsp3) is 0.684. The van der Waals surface area contributed by atoms with Crippen molar-refractivity contribution in [3.8, 4) is 5.75 Å². The number of nitrogens with zero attached hydrogens (tertiary/aromatic N) is 1. The Balaban J connectivity index is 1.55. The van der Waals surface area contributed by atoms with Crippen LogP contribution in [0.25, 0.3) is 0 Å². The second-order valence-corrected chi connectivity index (χ2v) is 7.20. The lowest BCUT2D eigenvalue weighted by molar-refractivity contribution is 0.259. The van der Waals surface area contributed by atoms with Crippen LogP contribution in [-0.2, 0) is 0 Å². The van der Waals surface area contributed by atoms with E-state index < -0.39 is 0 Å². The van der Waals surface area contributed by atoms with E-state index in [1.807, 2.05) is 12.1 Å². The summed E-state index contributed by atoms with van der Waals surface area (Å²) in [6.45, 7) is 4.50. The smallest absolute Gasteiger partial charge is 0.124 e. The zero-order chi connectivity index (χ0) is 15.2. The first-order valence-electron chi connectivity index (χ1n) is 8.97. The third-order valence-corrected chi connectivity index (χ3v) is 5.33. The Morgan fingerprint density at radius 3 is 2.59 bits per heavy atom. The molecule has 1 aromatic carbocycles. The van der Waals surface area contributed by atoms with Crippen molar-refractivity contribution in [2.75, 3.05) is 26.2 Å². The number of hydrogen-bond donors (Lipinski definition) is 0. The van der Waals surface area contributed by atoms with Crippen LogP contribution in [0.1, 0.15) is 62.8 Å². The van der Waals surface area contributed by atoms with Gasteiger partial charge in [0.05, 0.1) is 6.61 Å². The zero-order valence-corrected chi connectivity index (χ0v) is 14.3. The number of halogens is 1. The summed E-state index contributed by atoms with van der Waals surface area (Å²) in [7, 11) is 0. The molecule has 0 radical (unpaired) electrons. The molecule has 1 heterocycles. The Morgan fingerprint density at radius 1 is 1.05 bits per heavy atom. The largest absolute Gasteiger partial charge is 0.493 e. The summed E-state index contributed by atoms with van der Waals surface area (Å²) in [6.07, 6.45) is 10.5. The molecule has 1 saturated heterocycles. The molecule has 2 fully saturated rings. The minimum atomic E-state index is 0.666. The SMILES string of the molecule is Clc1ccc(C2CCCCC2)c(OCCCN2CCCC2)c1. The van der Waals surface area contributed by atoms with Gasteiger partial charge in [-0.25, -0.2) is 0 Å². The molecule has 0 bridgehead atoms. The molecule has 3 heteroatoms. The molecule has 0 N–H and O–H groups in total. The first kappa shape index (κ1) is 16.1. The summed E-state index contributed by atoms with van der Waals surface area (Å²) in [6, 6.07) is 6.22. The van der Waals surface area contributed by atoms with Gasteiger partial charge < -0.3 is 9.64 Å². The lowest BCUT2D eigenvalue weighted by Crippen LogP contribution is -2.22. The minimum absolute atomic E-state index is 0.666. The third-order valence-electron chi connectivity index (χ3n) is 5.10. The standard InChI is InChI=1S/C19H28ClNO/c20-17-9-10-18(16-7-2-1-3-8-16)19(15-17)22-14-6-13-21-11-4-5-12-21/h9-10,15-16H,1-8,11-14H2. The van der Waals surface area contributed by atoms with Crippen LogP contribution in [0.3, 0.4) is 0 Å². The quantitative estimate of drug-likeness (QED) is 0.663. The minimum Gasteiger partial charge on any atom is -0.493 e. The topological polar surface area (TPSA) is 12.5 Å². The van der Waals surface area contributed by atoms with E-state index in [2.05, 4.69) is 11.0 Å². The molecule has 22 heavy (non-hydrogen) atoms. The van der Waals surface area contributed by atoms with Gasteiger partial charge in [0.1, 0.15) is 5.75 Å². The maximum Gasteiger partial charge on any atom is 0.124 e. The van der Waals surface area contributed by atoms with Gasteiger partial charge in [0, 0.05) is 11.6 Å². The van der Waals surface area contributed by atoms with Crippen molar-refractivity contribution < 1.29 is 4.74 Å². The Bertz CT molecular complexity index is 465. The molecule has 1 aromatic rings. The maximum atomic E-state index is 6.18. The Hall–Kier alpha value is -0.730. The molecule has 0 spiro atoms. The van der Waals surface area contributed by atoms with Crippen molar-refractivity contribution in [2.45, 2.75) is 57.3 Å². The highest BCUT2D eigenvalue weighted by Crippen LogP contribution is 2.38. The molecular formula is C19H28ClNO. The van der Waals surface area contributed by atoms with Gasteiger partial charge in [-0.3, -0.25) is 0 Å². The molecule has 0 aromatic heterocycles. The highest BCUT2D eigenvalue weighted by Gasteiger charge is 2.19. The molecule has 3 rings (SSSR count). The van der Waals surface area contributed by atoms with Crippen LogP contribution in [0.15, 0.2) is 18.2 Å². The molecule has 0 amide bonds. The lowest BCUT2D eigenvalue weighted by Gasteiger charge is -2.24. The predicted octanol–water partition coefficient (Wildman–Crippen LogP) is 5.25. The van der Waals surface area contributed by atoms with Crippen LogP contribution in [-0.4, -0.2) is 31.1 Å². The molecule has 1 saturated carbocycles. The normalized spacial score (nSPS) is 20.4. The fourth-order valence-electron chi connectivity index (χ4n) is 3.86. The van der Waals surface area contributed by atoms with Crippen molar-refractivity contribution in [1.82, 2.24) is 4.90 Å². The highest BCUT2D eigenvalue weighted by molar-refractivity contribution is 6.30. The van der Waals surface area contributed by atoms with E-state index in [9.17, 15) is 0 Å². The van der Waals surface area contributed by atoms with Crippen molar-refractivity contribution >= 4 is 11.6 Å². The molecule has 0 atom stereocenters. The molecule has 0 unspecified atom stereocenters. The lowest BCUT2D eigenvalue weighted by atomic mass is 9.84. The number of benzene rings is 1. The van der Waals surface area contributed by atoms with E-state index in [1.54, 1.807) is 0 Å². The maximum absolute atomic E-state index is 6.18. The van der Waals surface area contributed by atoms with E-state index in [1.165, 1.54) is 70.1 Å². The summed E-state index contributed by atoms with van der Waals surface area (Å²) >= 11 is 6.18. The number of hydrogen-bond acceptors (Lipinski definition) is 2. The van der Waals surface area contributed by atoms with Gasteiger partial charge in [-0.1, -0.05) is 36.9 Å². The van der Waals surface area contributed by atoms with E-state index in [0.717, 1.165) is 23.8 Å². The molecular weight excluding hydrogens is 294 g/mol. The summed E-state index contributed by atoms with van der Waals surface area (Å²) in [5.74, 6) is 1.69. The van der Waals surface area contributed by atoms with Crippen LogP contribution in [0.5, 0.6) is 5.75 Å².